The predicted octanol–water partition coefficient (Wildman–Crippen LogP) is 4.95. The SMILES string of the molecule is COc1cccc([C@H]2OC(c3ccc(OCCCO)cc3)=N[C@@]2(CCS(=O)(=O)c2ccccc2)C(=O)NCCc2ccc(OC)c(OC)c2)c1. The van der Waals surface area contributed by atoms with Gasteiger partial charge in [0, 0.05) is 31.6 Å². The maximum atomic E-state index is 14.5. The molecule has 2 N–H and O–H groups in total. The van der Waals surface area contributed by atoms with Crippen LogP contribution in [0.3, 0.4) is 0 Å². The van der Waals surface area contributed by atoms with Gasteiger partial charge in [0.05, 0.1) is 38.6 Å². The Balaban J connectivity index is 1.52. The van der Waals surface area contributed by atoms with Gasteiger partial charge in [-0.05, 0) is 78.2 Å². The van der Waals surface area contributed by atoms with Crippen molar-refractivity contribution in [2.24, 2.45) is 4.99 Å². The summed E-state index contributed by atoms with van der Waals surface area (Å²) in [4.78, 5) is 19.6. The smallest absolute Gasteiger partial charge is 0.252 e. The van der Waals surface area contributed by atoms with Crippen LogP contribution in [0.2, 0.25) is 0 Å². The van der Waals surface area contributed by atoms with Crippen molar-refractivity contribution in [3.63, 3.8) is 0 Å². The molecule has 264 valence electrons. The number of nitrogens with one attached hydrogen (secondary N) is 1. The first kappa shape index (κ1) is 36.2. The summed E-state index contributed by atoms with van der Waals surface area (Å²) >= 11 is 0. The summed E-state index contributed by atoms with van der Waals surface area (Å²) in [6.07, 6.45) is -0.195. The number of carbonyl (C=O) groups excluding carboxylic acids is 1. The third-order valence-electron chi connectivity index (χ3n) is 8.43. The Morgan fingerprint density at radius 2 is 1.64 bits per heavy atom. The minimum atomic E-state index is -3.80. The fourth-order valence-corrected chi connectivity index (χ4v) is 7.11. The average molecular weight is 703 g/mol. The zero-order valence-corrected chi connectivity index (χ0v) is 29.1. The van der Waals surface area contributed by atoms with E-state index in [2.05, 4.69) is 5.32 Å². The Morgan fingerprint density at radius 3 is 2.34 bits per heavy atom. The summed E-state index contributed by atoms with van der Waals surface area (Å²) in [6, 6.07) is 27.8. The molecule has 0 radical (unpaired) electrons. The number of aliphatic hydroxyl groups is 1. The van der Waals surface area contributed by atoms with Crippen molar-refractivity contribution in [1.82, 2.24) is 5.32 Å². The van der Waals surface area contributed by atoms with Gasteiger partial charge < -0.3 is 34.1 Å². The molecule has 0 saturated carbocycles. The number of sulfone groups is 1. The van der Waals surface area contributed by atoms with Crippen LogP contribution in [0.1, 0.15) is 35.6 Å². The largest absolute Gasteiger partial charge is 0.497 e. The van der Waals surface area contributed by atoms with Crippen LogP contribution < -0.4 is 24.3 Å². The van der Waals surface area contributed by atoms with Crippen LogP contribution in [0.25, 0.3) is 0 Å². The molecule has 0 unspecified atom stereocenters. The van der Waals surface area contributed by atoms with Gasteiger partial charge in [-0.3, -0.25) is 4.79 Å². The molecule has 4 aromatic carbocycles. The van der Waals surface area contributed by atoms with Gasteiger partial charge in [0.25, 0.3) is 5.91 Å². The first-order chi connectivity index (χ1) is 24.2. The molecule has 0 aromatic heterocycles. The molecule has 0 saturated heterocycles. The Morgan fingerprint density at radius 1 is 0.880 bits per heavy atom. The van der Waals surface area contributed by atoms with E-state index in [1.165, 1.54) is 12.1 Å². The van der Waals surface area contributed by atoms with E-state index in [0.717, 1.165) is 5.56 Å². The molecular formula is C38H42N2O9S. The van der Waals surface area contributed by atoms with Gasteiger partial charge in [-0.2, -0.15) is 0 Å². The van der Waals surface area contributed by atoms with Gasteiger partial charge >= 0.3 is 0 Å². The lowest BCUT2D eigenvalue weighted by Crippen LogP contribution is -2.49. The molecule has 50 heavy (non-hydrogen) atoms. The van der Waals surface area contributed by atoms with E-state index in [1.54, 1.807) is 94.1 Å². The molecule has 0 spiro atoms. The summed E-state index contributed by atoms with van der Waals surface area (Å²) in [5.74, 6) is 1.65. The van der Waals surface area contributed by atoms with Gasteiger partial charge in [-0.25, -0.2) is 13.4 Å². The Bertz CT molecular complexity index is 1880. The second kappa shape index (κ2) is 16.6. The minimum Gasteiger partial charge on any atom is -0.497 e. The topological polar surface area (TPSA) is 142 Å². The standard InChI is InChI=1S/C38H42N2O9S/c1-45-31-10-7-9-29(26-31)35-38(20-24-50(43,44)32-11-5-4-6-12-32,37(42)39-21-19-27-13-18-33(46-2)34(25-27)47-3)40-36(49-35)28-14-16-30(17-15-28)48-23-8-22-41/h4-7,9-18,25-26,35,41H,8,19-24H2,1-3H3,(H,39,42)/t35-,38-/m1/s1. The number of carbonyl (C=O) groups is 1. The van der Waals surface area contributed by atoms with Crippen molar-refractivity contribution >= 4 is 21.6 Å². The molecule has 1 amide bonds. The Hall–Kier alpha value is -5.07. The zero-order chi connectivity index (χ0) is 35.6. The highest BCUT2D eigenvalue weighted by Gasteiger charge is 2.53. The summed E-state index contributed by atoms with van der Waals surface area (Å²) in [5.41, 5.74) is 0.413. The lowest BCUT2D eigenvalue weighted by Gasteiger charge is -2.31. The van der Waals surface area contributed by atoms with Crippen LogP contribution in [0.5, 0.6) is 23.0 Å². The van der Waals surface area contributed by atoms with Crippen molar-refractivity contribution in [2.45, 2.75) is 35.8 Å². The second-order valence-electron chi connectivity index (χ2n) is 11.6. The van der Waals surface area contributed by atoms with Crippen molar-refractivity contribution < 1.29 is 42.0 Å². The molecule has 1 heterocycles. The fraction of sp³-hybridized carbons (Fsp3) is 0.316. The molecule has 1 aliphatic rings. The van der Waals surface area contributed by atoms with Crippen molar-refractivity contribution in [3.8, 4) is 23.0 Å². The Labute approximate surface area is 292 Å². The quantitative estimate of drug-likeness (QED) is 0.146. The number of aliphatic imine (C=N–C) groups is 1. The number of amides is 1. The first-order valence-corrected chi connectivity index (χ1v) is 17.9. The highest BCUT2D eigenvalue weighted by atomic mass is 32.2. The van der Waals surface area contributed by atoms with Gasteiger partial charge in [0.2, 0.25) is 5.90 Å². The van der Waals surface area contributed by atoms with Gasteiger partial charge in [0.15, 0.2) is 33.0 Å². The highest BCUT2D eigenvalue weighted by Crippen LogP contribution is 2.44. The van der Waals surface area contributed by atoms with Gasteiger partial charge in [0.1, 0.15) is 11.5 Å². The first-order valence-electron chi connectivity index (χ1n) is 16.2. The van der Waals surface area contributed by atoms with E-state index < -0.39 is 27.4 Å². The predicted molar refractivity (Wildman–Crippen MR) is 189 cm³/mol. The number of hydrogen-bond acceptors (Lipinski definition) is 10. The summed E-state index contributed by atoms with van der Waals surface area (Å²) in [5, 5.41) is 12.1. The normalized spacial score (nSPS) is 17.0. The highest BCUT2D eigenvalue weighted by molar-refractivity contribution is 7.91. The molecule has 11 nitrogen and oxygen atoms in total. The van der Waals surface area contributed by atoms with E-state index in [1.807, 2.05) is 12.1 Å². The molecule has 5 rings (SSSR count). The van der Waals surface area contributed by atoms with Crippen LogP contribution in [0, 0.1) is 0 Å². The van der Waals surface area contributed by atoms with Crippen LogP contribution in [-0.4, -0.2) is 77.7 Å². The van der Waals surface area contributed by atoms with E-state index >= 15 is 0 Å². The summed E-state index contributed by atoms with van der Waals surface area (Å²) < 4.78 is 55.7. The lowest BCUT2D eigenvalue weighted by molar-refractivity contribution is -0.129. The number of aliphatic hydroxyl groups excluding tert-OH is 1. The summed E-state index contributed by atoms with van der Waals surface area (Å²) in [7, 11) is 0.861. The monoisotopic (exact) mass is 702 g/mol. The average Bonchev–Trinajstić information content (AvgIpc) is 3.56. The van der Waals surface area contributed by atoms with Crippen molar-refractivity contribution in [1.29, 1.82) is 0 Å². The fourth-order valence-electron chi connectivity index (χ4n) is 5.72. The molecule has 2 atom stereocenters. The number of rotatable bonds is 17. The molecule has 0 fully saturated rings. The molecular weight excluding hydrogens is 660 g/mol. The van der Waals surface area contributed by atoms with Gasteiger partial charge in [-0.1, -0.05) is 36.4 Å². The minimum absolute atomic E-state index is 0.0207. The maximum absolute atomic E-state index is 14.5. The third-order valence-corrected chi connectivity index (χ3v) is 10.2. The molecule has 12 heteroatoms. The van der Waals surface area contributed by atoms with Crippen LogP contribution in [-0.2, 0) is 25.8 Å². The van der Waals surface area contributed by atoms with E-state index in [-0.39, 0.29) is 36.1 Å². The van der Waals surface area contributed by atoms with E-state index in [0.29, 0.717) is 53.6 Å². The lowest BCUT2D eigenvalue weighted by atomic mass is 9.85. The Kier molecular flexibility index (Phi) is 12.0. The van der Waals surface area contributed by atoms with Crippen LogP contribution in [0.15, 0.2) is 107 Å². The van der Waals surface area contributed by atoms with Crippen LogP contribution >= 0.6 is 0 Å². The summed E-state index contributed by atoms with van der Waals surface area (Å²) in [6.45, 7) is 0.609. The number of ether oxygens (including phenoxy) is 5. The second-order valence-corrected chi connectivity index (χ2v) is 13.8. The number of nitrogens with zero attached hydrogens (tertiary/aromatic N) is 1. The zero-order valence-electron chi connectivity index (χ0n) is 28.3. The van der Waals surface area contributed by atoms with Gasteiger partial charge in [-0.15, -0.1) is 0 Å². The molecule has 0 aliphatic carbocycles. The van der Waals surface area contributed by atoms with Crippen molar-refractivity contribution in [2.75, 3.05) is 46.8 Å². The van der Waals surface area contributed by atoms with E-state index in [4.69, 9.17) is 33.8 Å². The van der Waals surface area contributed by atoms with Crippen molar-refractivity contribution in [3.05, 3.63) is 114 Å². The maximum Gasteiger partial charge on any atom is 0.252 e. The third kappa shape index (κ3) is 8.38. The number of benzene rings is 4. The number of methoxy groups -OCH3 is 3. The van der Waals surface area contributed by atoms with E-state index in [9.17, 15) is 13.2 Å². The molecule has 1 aliphatic heterocycles. The molecule has 0 bridgehead atoms. The van der Waals surface area contributed by atoms with Crippen LogP contribution in [0.4, 0.5) is 0 Å². The molecule has 4 aromatic rings. The number of hydrogen-bond donors (Lipinski definition) is 2.